The summed E-state index contributed by atoms with van der Waals surface area (Å²) in [4.78, 5) is 12.6. The Bertz CT molecular complexity index is 1150. The lowest BCUT2D eigenvalue weighted by molar-refractivity contribution is 0.249. The molecular weight excluding hydrogens is 370 g/mol. The number of hydrogen-bond donors (Lipinski definition) is 0. The van der Waals surface area contributed by atoms with E-state index in [1.807, 2.05) is 6.92 Å². The number of ether oxygens (including phenoxy) is 2. The molecule has 0 amide bonds. The number of nitrogens with zero attached hydrogens (tertiary/aromatic N) is 1. The molecule has 0 aliphatic rings. The lowest BCUT2D eigenvalue weighted by Crippen LogP contribution is -2.05. The standard InChI is InChI=1S/C20H14ClNO5/c1-12-8-16(27-22-12)10-24-15-6-7-17-18(9-15)25-11-19(20(17)23)26-14-4-2-13(21)3-5-14/h2-9,11H,10H2,1H3. The zero-order valence-electron chi connectivity index (χ0n) is 14.3. The third-order valence-electron chi connectivity index (χ3n) is 3.81. The van der Waals surface area contributed by atoms with Crippen molar-refractivity contribution >= 4 is 22.6 Å². The van der Waals surface area contributed by atoms with Crippen molar-refractivity contribution in [2.24, 2.45) is 0 Å². The summed E-state index contributed by atoms with van der Waals surface area (Å²) in [6.07, 6.45) is 1.28. The maximum Gasteiger partial charge on any atom is 0.235 e. The zero-order chi connectivity index (χ0) is 18.8. The molecule has 0 fully saturated rings. The van der Waals surface area contributed by atoms with Crippen LogP contribution in [0, 0.1) is 6.92 Å². The summed E-state index contributed by atoms with van der Waals surface area (Å²) in [6, 6.07) is 13.5. The van der Waals surface area contributed by atoms with Crippen molar-refractivity contribution in [3.63, 3.8) is 0 Å². The summed E-state index contributed by atoms with van der Waals surface area (Å²) in [5.74, 6) is 1.75. The molecule has 0 saturated carbocycles. The van der Waals surface area contributed by atoms with Gasteiger partial charge in [0.1, 0.15) is 30.0 Å². The van der Waals surface area contributed by atoms with Gasteiger partial charge >= 0.3 is 0 Å². The molecule has 0 atom stereocenters. The average molecular weight is 384 g/mol. The second-order valence-electron chi connectivity index (χ2n) is 5.87. The van der Waals surface area contributed by atoms with Gasteiger partial charge in [-0.3, -0.25) is 4.79 Å². The van der Waals surface area contributed by atoms with E-state index >= 15 is 0 Å². The van der Waals surface area contributed by atoms with Crippen LogP contribution in [0.4, 0.5) is 0 Å². The SMILES string of the molecule is Cc1cc(COc2ccc3c(=O)c(Oc4ccc(Cl)cc4)coc3c2)on1. The molecule has 7 heteroatoms. The van der Waals surface area contributed by atoms with Crippen LogP contribution in [0.25, 0.3) is 11.0 Å². The molecule has 0 aliphatic carbocycles. The maximum atomic E-state index is 12.6. The van der Waals surface area contributed by atoms with E-state index in [4.69, 9.17) is 30.0 Å². The Hall–Kier alpha value is -3.25. The summed E-state index contributed by atoms with van der Waals surface area (Å²) in [7, 11) is 0. The largest absolute Gasteiger partial charge is 0.485 e. The summed E-state index contributed by atoms with van der Waals surface area (Å²) in [5.41, 5.74) is 0.907. The molecule has 0 N–H and O–H groups in total. The Morgan fingerprint density at radius 2 is 1.85 bits per heavy atom. The first kappa shape index (κ1) is 17.2. The quantitative estimate of drug-likeness (QED) is 0.476. The van der Waals surface area contributed by atoms with E-state index in [0.29, 0.717) is 33.3 Å². The second kappa shape index (κ2) is 7.17. The zero-order valence-corrected chi connectivity index (χ0v) is 15.0. The normalized spacial score (nSPS) is 10.9. The first-order valence-corrected chi connectivity index (χ1v) is 8.50. The van der Waals surface area contributed by atoms with Crippen LogP contribution in [0.3, 0.4) is 0 Å². The topological polar surface area (TPSA) is 74.7 Å². The van der Waals surface area contributed by atoms with E-state index in [1.165, 1.54) is 6.26 Å². The number of halogens is 1. The maximum absolute atomic E-state index is 12.6. The molecule has 0 saturated heterocycles. The molecule has 4 rings (SSSR count). The minimum Gasteiger partial charge on any atom is -0.485 e. The molecular formula is C20H14ClNO5. The molecule has 0 radical (unpaired) electrons. The molecule has 0 aliphatic heterocycles. The predicted octanol–water partition coefficient (Wildman–Crippen LogP) is 5.11. The van der Waals surface area contributed by atoms with Crippen LogP contribution in [0.5, 0.6) is 17.2 Å². The van der Waals surface area contributed by atoms with Gasteiger partial charge in [0, 0.05) is 17.2 Å². The summed E-state index contributed by atoms with van der Waals surface area (Å²) in [6.45, 7) is 2.07. The van der Waals surface area contributed by atoms with Gasteiger partial charge in [-0.1, -0.05) is 16.8 Å². The molecule has 0 unspecified atom stereocenters. The van der Waals surface area contributed by atoms with Crippen molar-refractivity contribution in [2.75, 3.05) is 0 Å². The van der Waals surface area contributed by atoms with Crippen molar-refractivity contribution < 1.29 is 18.4 Å². The highest BCUT2D eigenvalue weighted by atomic mass is 35.5. The van der Waals surface area contributed by atoms with Gasteiger partial charge in [0.05, 0.1) is 11.1 Å². The number of hydrogen-bond acceptors (Lipinski definition) is 6. The highest BCUT2D eigenvalue weighted by Crippen LogP contribution is 2.25. The number of fused-ring (bicyclic) bond motifs is 1. The first-order valence-electron chi connectivity index (χ1n) is 8.12. The molecule has 136 valence electrons. The Morgan fingerprint density at radius 1 is 1.07 bits per heavy atom. The van der Waals surface area contributed by atoms with Crippen LogP contribution in [-0.2, 0) is 6.61 Å². The van der Waals surface area contributed by atoms with E-state index in [2.05, 4.69) is 5.16 Å². The Kier molecular flexibility index (Phi) is 4.56. The van der Waals surface area contributed by atoms with E-state index in [-0.39, 0.29) is 17.8 Å². The third kappa shape index (κ3) is 3.80. The third-order valence-corrected chi connectivity index (χ3v) is 4.07. The smallest absolute Gasteiger partial charge is 0.235 e. The van der Waals surface area contributed by atoms with Crippen molar-refractivity contribution in [1.82, 2.24) is 5.16 Å². The Morgan fingerprint density at radius 3 is 2.59 bits per heavy atom. The van der Waals surface area contributed by atoms with Crippen LogP contribution in [0.15, 0.2) is 68.5 Å². The van der Waals surface area contributed by atoms with Crippen LogP contribution in [0.1, 0.15) is 11.5 Å². The highest BCUT2D eigenvalue weighted by Gasteiger charge is 2.11. The fraction of sp³-hybridized carbons (Fsp3) is 0.100. The molecule has 2 aromatic heterocycles. The number of aromatic nitrogens is 1. The molecule has 2 heterocycles. The van der Waals surface area contributed by atoms with Gasteiger partial charge in [-0.25, -0.2) is 0 Å². The summed E-state index contributed by atoms with van der Waals surface area (Å²) >= 11 is 5.85. The van der Waals surface area contributed by atoms with Crippen molar-refractivity contribution in [2.45, 2.75) is 13.5 Å². The molecule has 27 heavy (non-hydrogen) atoms. The fourth-order valence-electron chi connectivity index (χ4n) is 2.52. The van der Waals surface area contributed by atoms with E-state index in [1.54, 1.807) is 48.5 Å². The Balaban J connectivity index is 1.56. The van der Waals surface area contributed by atoms with Crippen LogP contribution in [0.2, 0.25) is 5.02 Å². The van der Waals surface area contributed by atoms with Crippen molar-refractivity contribution in [1.29, 1.82) is 0 Å². The van der Waals surface area contributed by atoms with Crippen LogP contribution >= 0.6 is 11.6 Å². The van der Waals surface area contributed by atoms with E-state index in [9.17, 15) is 4.79 Å². The minimum absolute atomic E-state index is 0.0932. The van der Waals surface area contributed by atoms with Crippen LogP contribution < -0.4 is 14.9 Å². The van der Waals surface area contributed by atoms with E-state index in [0.717, 1.165) is 5.69 Å². The van der Waals surface area contributed by atoms with Crippen molar-refractivity contribution in [3.05, 3.63) is 81.5 Å². The van der Waals surface area contributed by atoms with Gasteiger partial charge in [0.15, 0.2) is 5.76 Å². The molecule has 6 nitrogen and oxygen atoms in total. The van der Waals surface area contributed by atoms with Gasteiger partial charge < -0.3 is 18.4 Å². The van der Waals surface area contributed by atoms with Gasteiger partial charge in [0.2, 0.25) is 11.2 Å². The number of rotatable bonds is 5. The second-order valence-corrected chi connectivity index (χ2v) is 6.30. The summed E-state index contributed by atoms with van der Waals surface area (Å²) < 4.78 is 21.9. The first-order chi connectivity index (χ1) is 13.1. The molecule has 0 bridgehead atoms. The minimum atomic E-state index is -0.274. The van der Waals surface area contributed by atoms with Gasteiger partial charge in [-0.2, -0.15) is 0 Å². The monoisotopic (exact) mass is 383 g/mol. The molecule has 4 aromatic rings. The lowest BCUT2D eigenvalue weighted by Gasteiger charge is -2.07. The number of aryl methyl sites for hydroxylation is 1. The number of benzene rings is 2. The van der Waals surface area contributed by atoms with Crippen molar-refractivity contribution in [3.8, 4) is 17.2 Å². The fourth-order valence-corrected chi connectivity index (χ4v) is 2.65. The van der Waals surface area contributed by atoms with Crippen LogP contribution in [-0.4, -0.2) is 5.16 Å². The van der Waals surface area contributed by atoms with Gasteiger partial charge in [0.25, 0.3) is 0 Å². The van der Waals surface area contributed by atoms with Gasteiger partial charge in [-0.15, -0.1) is 0 Å². The lowest BCUT2D eigenvalue weighted by atomic mass is 10.2. The highest BCUT2D eigenvalue weighted by molar-refractivity contribution is 6.30. The summed E-state index contributed by atoms with van der Waals surface area (Å²) in [5, 5.41) is 4.78. The Labute approximate surface area is 158 Å². The predicted molar refractivity (Wildman–Crippen MR) is 99.6 cm³/mol. The molecule has 0 spiro atoms. The van der Waals surface area contributed by atoms with Gasteiger partial charge in [-0.05, 0) is 43.3 Å². The van der Waals surface area contributed by atoms with E-state index < -0.39 is 0 Å². The average Bonchev–Trinajstić information content (AvgIpc) is 3.09. The molecule has 2 aromatic carbocycles.